The maximum absolute atomic E-state index is 11.9. The lowest BCUT2D eigenvalue weighted by Crippen LogP contribution is -2.12. The van der Waals surface area contributed by atoms with Crippen molar-refractivity contribution in [2.24, 2.45) is 0 Å². The molecule has 0 saturated heterocycles. The Morgan fingerprint density at radius 3 is 2.95 bits per heavy atom. The van der Waals surface area contributed by atoms with E-state index >= 15 is 0 Å². The second-order valence-electron chi connectivity index (χ2n) is 4.98. The number of rotatable bonds is 3. The van der Waals surface area contributed by atoms with Crippen molar-refractivity contribution in [1.29, 1.82) is 5.26 Å². The lowest BCUT2D eigenvalue weighted by molar-refractivity contribution is 0.685. The fourth-order valence-electron chi connectivity index (χ4n) is 2.37. The number of nitrogens with zero attached hydrogens (tertiary/aromatic N) is 4. The average Bonchev–Trinajstić information content (AvgIpc) is 3.00. The highest BCUT2D eigenvalue weighted by Crippen LogP contribution is 2.23. The summed E-state index contributed by atoms with van der Waals surface area (Å²) in [5.74, 6) is 0. The van der Waals surface area contributed by atoms with Gasteiger partial charge in [-0.05, 0) is 30.2 Å². The van der Waals surface area contributed by atoms with Gasteiger partial charge in [-0.3, -0.25) is 4.79 Å². The molecule has 0 unspecified atom stereocenters. The number of H-pyrrole nitrogens is 1. The molecule has 0 amide bonds. The third kappa shape index (κ3) is 2.65. The predicted molar refractivity (Wildman–Crippen MR) is 81.1 cm³/mol. The highest BCUT2D eigenvalue weighted by atomic mass is 16.1. The Labute approximate surface area is 126 Å². The molecule has 2 aromatic heterocycles. The summed E-state index contributed by atoms with van der Waals surface area (Å²) >= 11 is 0. The molecule has 108 valence electrons. The van der Waals surface area contributed by atoms with Crippen molar-refractivity contribution in [3.8, 4) is 17.2 Å². The van der Waals surface area contributed by atoms with Gasteiger partial charge < -0.3 is 4.98 Å². The van der Waals surface area contributed by atoms with Gasteiger partial charge >= 0.3 is 0 Å². The first-order valence-corrected chi connectivity index (χ1v) is 6.73. The zero-order chi connectivity index (χ0) is 15.5. The van der Waals surface area contributed by atoms with E-state index in [2.05, 4.69) is 15.1 Å². The lowest BCUT2D eigenvalue weighted by atomic mass is 9.99. The van der Waals surface area contributed by atoms with E-state index in [0.717, 1.165) is 16.8 Å². The van der Waals surface area contributed by atoms with Crippen LogP contribution in [0.2, 0.25) is 0 Å². The molecule has 0 aliphatic rings. The highest BCUT2D eigenvalue weighted by Gasteiger charge is 2.10. The highest BCUT2D eigenvalue weighted by molar-refractivity contribution is 5.70. The summed E-state index contributed by atoms with van der Waals surface area (Å²) in [6.45, 7) is 2.38. The fraction of sp³-hybridized carbons (Fsp3) is 0.125. The molecule has 0 aliphatic heterocycles. The largest absolute Gasteiger partial charge is 0.325 e. The van der Waals surface area contributed by atoms with Gasteiger partial charge in [-0.15, -0.1) is 0 Å². The Morgan fingerprint density at radius 2 is 2.23 bits per heavy atom. The van der Waals surface area contributed by atoms with E-state index in [4.69, 9.17) is 0 Å². The molecule has 3 rings (SSSR count). The number of hydrogen-bond donors (Lipinski definition) is 1. The minimum Gasteiger partial charge on any atom is -0.325 e. The second kappa shape index (κ2) is 5.66. The second-order valence-corrected chi connectivity index (χ2v) is 4.98. The van der Waals surface area contributed by atoms with Gasteiger partial charge in [0.25, 0.3) is 5.56 Å². The number of hydrogen-bond acceptors (Lipinski definition) is 4. The van der Waals surface area contributed by atoms with Gasteiger partial charge in [-0.1, -0.05) is 18.2 Å². The molecule has 1 aromatic carbocycles. The van der Waals surface area contributed by atoms with E-state index < -0.39 is 0 Å². The van der Waals surface area contributed by atoms with Crippen molar-refractivity contribution in [2.75, 3.05) is 0 Å². The van der Waals surface area contributed by atoms with Gasteiger partial charge in [0.1, 0.15) is 24.3 Å². The Balaban J connectivity index is 2.06. The van der Waals surface area contributed by atoms with Crippen LogP contribution in [0.15, 0.2) is 47.8 Å². The molecule has 1 N–H and O–H groups in total. The molecular formula is C16H13N5O. The molecule has 3 aromatic rings. The fourth-order valence-corrected chi connectivity index (χ4v) is 2.37. The Kier molecular flexibility index (Phi) is 3.54. The Morgan fingerprint density at radius 1 is 1.36 bits per heavy atom. The van der Waals surface area contributed by atoms with Crippen molar-refractivity contribution in [3.63, 3.8) is 0 Å². The quantitative estimate of drug-likeness (QED) is 0.798. The van der Waals surface area contributed by atoms with Crippen LogP contribution in [-0.4, -0.2) is 19.7 Å². The lowest BCUT2D eigenvalue weighted by Gasteiger charge is -2.08. The summed E-state index contributed by atoms with van der Waals surface area (Å²) in [6.07, 6.45) is 3.13. The molecule has 0 fully saturated rings. The van der Waals surface area contributed by atoms with Gasteiger partial charge in [-0.2, -0.15) is 10.4 Å². The predicted octanol–water partition coefficient (Wildman–Crippen LogP) is 1.86. The SMILES string of the molecule is Cc1cc(-c2cccc(Cn3cncn3)c2)c(C#N)c(=O)[nH]1. The zero-order valence-electron chi connectivity index (χ0n) is 11.9. The summed E-state index contributed by atoms with van der Waals surface area (Å²) in [5.41, 5.74) is 2.99. The summed E-state index contributed by atoms with van der Waals surface area (Å²) in [6, 6.07) is 11.5. The normalized spacial score (nSPS) is 10.4. The van der Waals surface area contributed by atoms with Crippen molar-refractivity contribution in [1.82, 2.24) is 19.7 Å². The van der Waals surface area contributed by atoms with Crippen LogP contribution in [0.3, 0.4) is 0 Å². The van der Waals surface area contributed by atoms with E-state index in [-0.39, 0.29) is 11.1 Å². The maximum Gasteiger partial charge on any atom is 0.266 e. The molecule has 6 nitrogen and oxygen atoms in total. The first kappa shape index (κ1) is 13.8. The number of nitrogens with one attached hydrogen (secondary N) is 1. The molecule has 0 atom stereocenters. The van der Waals surface area contributed by atoms with Crippen LogP contribution in [0.25, 0.3) is 11.1 Å². The number of aryl methyl sites for hydroxylation is 1. The molecule has 0 saturated carbocycles. The smallest absolute Gasteiger partial charge is 0.266 e. The van der Waals surface area contributed by atoms with Crippen molar-refractivity contribution in [2.45, 2.75) is 13.5 Å². The van der Waals surface area contributed by atoms with Crippen molar-refractivity contribution in [3.05, 3.63) is 70.2 Å². The van der Waals surface area contributed by atoms with E-state index in [1.165, 1.54) is 6.33 Å². The molecule has 0 radical (unpaired) electrons. The van der Waals surface area contributed by atoms with Crippen LogP contribution in [-0.2, 0) is 6.54 Å². The minimum absolute atomic E-state index is 0.128. The third-order valence-corrected chi connectivity index (χ3v) is 3.33. The van der Waals surface area contributed by atoms with Gasteiger partial charge in [0.15, 0.2) is 0 Å². The van der Waals surface area contributed by atoms with Crippen molar-refractivity contribution < 1.29 is 0 Å². The van der Waals surface area contributed by atoms with Crippen LogP contribution in [0.4, 0.5) is 0 Å². The Bertz CT molecular complexity index is 903. The molecule has 22 heavy (non-hydrogen) atoms. The van der Waals surface area contributed by atoms with Gasteiger partial charge in [0.2, 0.25) is 0 Å². The molecular weight excluding hydrogens is 278 g/mol. The number of nitriles is 1. The summed E-state index contributed by atoms with van der Waals surface area (Å²) in [5, 5.41) is 13.3. The summed E-state index contributed by atoms with van der Waals surface area (Å²) < 4.78 is 1.72. The van der Waals surface area contributed by atoms with Crippen LogP contribution < -0.4 is 5.56 Å². The number of aromatic nitrogens is 4. The van der Waals surface area contributed by atoms with Crippen LogP contribution in [0.5, 0.6) is 0 Å². The zero-order valence-corrected chi connectivity index (χ0v) is 11.9. The molecule has 0 spiro atoms. The molecule has 2 heterocycles. The first-order chi connectivity index (χ1) is 10.7. The van der Waals surface area contributed by atoms with Gasteiger partial charge in [-0.25, -0.2) is 9.67 Å². The van der Waals surface area contributed by atoms with E-state index in [0.29, 0.717) is 12.1 Å². The summed E-state index contributed by atoms with van der Waals surface area (Å²) in [4.78, 5) is 18.5. The topological polar surface area (TPSA) is 87.4 Å². The molecule has 6 heteroatoms. The molecule has 0 aliphatic carbocycles. The number of pyridine rings is 1. The van der Waals surface area contributed by atoms with Crippen molar-refractivity contribution >= 4 is 0 Å². The summed E-state index contributed by atoms with van der Waals surface area (Å²) in [7, 11) is 0. The standard InChI is InChI=1S/C16H13N5O/c1-11-5-14(15(7-17)16(22)20-11)13-4-2-3-12(6-13)8-21-10-18-9-19-21/h2-6,9-10H,8H2,1H3,(H,20,22). The van der Waals surface area contributed by atoms with E-state index in [9.17, 15) is 10.1 Å². The number of aromatic amines is 1. The van der Waals surface area contributed by atoms with Gasteiger partial charge in [0.05, 0.1) is 6.54 Å². The monoisotopic (exact) mass is 291 g/mol. The average molecular weight is 291 g/mol. The van der Waals surface area contributed by atoms with E-state index in [1.807, 2.05) is 36.4 Å². The van der Waals surface area contributed by atoms with E-state index in [1.54, 1.807) is 17.9 Å². The van der Waals surface area contributed by atoms with Crippen LogP contribution in [0, 0.1) is 18.3 Å². The third-order valence-electron chi connectivity index (χ3n) is 3.33. The minimum atomic E-state index is -0.362. The first-order valence-electron chi connectivity index (χ1n) is 6.73. The van der Waals surface area contributed by atoms with Gasteiger partial charge in [0, 0.05) is 11.3 Å². The molecule has 0 bridgehead atoms. The van der Waals surface area contributed by atoms with Crippen LogP contribution in [0.1, 0.15) is 16.8 Å². The maximum atomic E-state index is 11.9. The number of benzene rings is 1. The van der Waals surface area contributed by atoms with Crippen LogP contribution >= 0.6 is 0 Å². The Hall–Kier alpha value is -3.20.